The van der Waals surface area contributed by atoms with E-state index in [2.05, 4.69) is 17.4 Å². The summed E-state index contributed by atoms with van der Waals surface area (Å²) in [5.41, 5.74) is 3.94. The molecule has 0 aromatic heterocycles. The summed E-state index contributed by atoms with van der Waals surface area (Å²) in [5, 5.41) is 12.3. The molecule has 0 aliphatic rings. The van der Waals surface area contributed by atoms with E-state index in [4.69, 9.17) is 9.47 Å². The van der Waals surface area contributed by atoms with Crippen molar-refractivity contribution in [1.29, 1.82) is 0 Å². The Kier molecular flexibility index (Phi) is 11.0. The van der Waals surface area contributed by atoms with Gasteiger partial charge < -0.3 is 24.8 Å². The van der Waals surface area contributed by atoms with Gasteiger partial charge >= 0.3 is 12.0 Å². The molecule has 0 aliphatic carbocycles. The van der Waals surface area contributed by atoms with Crippen LogP contribution in [0.3, 0.4) is 0 Å². The molecular weight excluding hydrogens is 468 g/mol. The van der Waals surface area contributed by atoms with Crippen molar-refractivity contribution in [2.24, 2.45) is 0 Å². The zero-order valence-corrected chi connectivity index (χ0v) is 21.6. The number of rotatable bonds is 14. The molecule has 1 atom stereocenters. The zero-order valence-electron chi connectivity index (χ0n) is 21.6. The Morgan fingerprint density at radius 3 is 2.38 bits per heavy atom. The van der Waals surface area contributed by atoms with Crippen molar-refractivity contribution in [2.45, 2.75) is 39.2 Å². The standard InChI is InChI=1S/C30H36N2O5/c1-3-36-28(29(33)34)22-25-14-16-27(17-15-25)37-20-19-32(18-8-12-24-10-5-4-6-11-24)30(35)31-26-13-7-9-23(2)21-26/h4-7,9-11,13-17,21,28H,3,8,12,18-20,22H2,1-2H3,(H,31,35)(H,33,34). The van der Waals surface area contributed by atoms with Crippen LogP contribution in [0.2, 0.25) is 0 Å². The summed E-state index contributed by atoms with van der Waals surface area (Å²) >= 11 is 0. The van der Waals surface area contributed by atoms with Gasteiger partial charge in [-0.25, -0.2) is 9.59 Å². The zero-order chi connectivity index (χ0) is 26.5. The maximum atomic E-state index is 13.1. The second kappa shape index (κ2) is 14.7. The van der Waals surface area contributed by atoms with Gasteiger partial charge in [0.1, 0.15) is 12.4 Å². The Balaban J connectivity index is 1.55. The largest absolute Gasteiger partial charge is 0.492 e. The molecule has 0 heterocycles. The minimum absolute atomic E-state index is 0.159. The first kappa shape index (κ1) is 27.7. The number of aryl methyl sites for hydroxylation is 2. The van der Waals surface area contributed by atoms with Crippen LogP contribution in [0.4, 0.5) is 10.5 Å². The molecule has 196 valence electrons. The molecule has 3 rings (SSSR count). The van der Waals surface area contributed by atoms with Crippen LogP contribution < -0.4 is 10.1 Å². The Morgan fingerprint density at radius 1 is 0.946 bits per heavy atom. The number of ether oxygens (including phenoxy) is 2. The van der Waals surface area contributed by atoms with E-state index in [1.165, 1.54) is 5.56 Å². The van der Waals surface area contributed by atoms with Gasteiger partial charge in [-0.2, -0.15) is 0 Å². The molecule has 1 unspecified atom stereocenters. The lowest BCUT2D eigenvalue weighted by Gasteiger charge is -2.23. The molecule has 0 saturated carbocycles. The van der Waals surface area contributed by atoms with E-state index in [0.29, 0.717) is 32.1 Å². The van der Waals surface area contributed by atoms with Gasteiger partial charge in [0, 0.05) is 25.3 Å². The number of carbonyl (C=O) groups is 2. The molecular formula is C30H36N2O5. The smallest absolute Gasteiger partial charge is 0.333 e. The number of carbonyl (C=O) groups excluding carboxylic acids is 1. The lowest BCUT2D eigenvalue weighted by Crippen LogP contribution is -2.38. The monoisotopic (exact) mass is 504 g/mol. The molecule has 0 aliphatic heterocycles. The average molecular weight is 505 g/mol. The van der Waals surface area contributed by atoms with Gasteiger partial charge in [0.05, 0.1) is 6.54 Å². The van der Waals surface area contributed by atoms with Crippen molar-refractivity contribution in [3.63, 3.8) is 0 Å². The first-order valence-electron chi connectivity index (χ1n) is 12.7. The van der Waals surface area contributed by atoms with Crippen LogP contribution >= 0.6 is 0 Å². The summed E-state index contributed by atoms with van der Waals surface area (Å²) in [5.74, 6) is -0.311. The molecule has 0 fully saturated rings. The number of nitrogens with zero attached hydrogens (tertiary/aromatic N) is 1. The summed E-state index contributed by atoms with van der Waals surface area (Å²) < 4.78 is 11.2. The highest BCUT2D eigenvalue weighted by atomic mass is 16.5. The fourth-order valence-electron chi connectivity index (χ4n) is 3.99. The van der Waals surface area contributed by atoms with Crippen molar-refractivity contribution >= 4 is 17.7 Å². The van der Waals surface area contributed by atoms with Crippen LogP contribution in [0.25, 0.3) is 0 Å². The van der Waals surface area contributed by atoms with Crippen molar-refractivity contribution in [3.8, 4) is 5.75 Å². The van der Waals surface area contributed by atoms with E-state index >= 15 is 0 Å². The second-order valence-corrected chi connectivity index (χ2v) is 8.85. The van der Waals surface area contributed by atoms with Crippen molar-refractivity contribution < 1.29 is 24.2 Å². The van der Waals surface area contributed by atoms with Crippen LogP contribution in [0.1, 0.15) is 30.0 Å². The summed E-state index contributed by atoms with van der Waals surface area (Å²) in [4.78, 5) is 26.2. The summed E-state index contributed by atoms with van der Waals surface area (Å²) in [7, 11) is 0. The molecule has 3 aromatic rings. The number of carboxylic acid groups (broad SMARTS) is 1. The fourth-order valence-corrected chi connectivity index (χ4v) is 3.99. The number of urea groups is 1. The predicted molar refractivity (Wildman–Crippen MR) is 145 cm³/mol. The highest BCUT2D eigenvalue weighted by Crippen LogP contribution is 2.16. The molecule has 2 N–H and O–H groups in total. The van der Waals surface area contributed by atoms with E-state index in [1.807, 2.05) is 73.7 Å². The third-order valence-electron chi connectivity index (χ3n) is 5.91. The molecule has 3 aromatic carbocycles. The Hall–Kier alpha value is -3.84. The van der Waals surface area contributed by atoms with Crippen molar-refractivity contribution in [3.05, 3.63) is 95.6 Å². The highest BCUT2D eigenvalue weighted by molar-refractivity contribution is 5.89. The number of hydrogen-bond acceptors (Lipinski definition) is 4. The summed E-state index contributed by atoms with van der Waals surface area (Å²) in [6.07, 6.45) is 1.15. The van der Waals surface area contributed by atoms with Crippen molar-refractivity contribution in [2.75, 3.05) is 31.6 Å². The average Bonchev–Trinajstić information content (AvgIpc) is 2.89. The van der Waals surface area contributed by atoms with E-state index < -0.39 is 12.1 Å². The van der Waals surface area contributed by atoms with Crippen molar-refractivity contribution in [1.82, 2.24) is 4.90 Å². The van der Waals surface area contributed by atoms with Crippen LogP contribution in [-0.2, 0) is 22.4 Å². The third-order valence-corrected chi connectivity index (χ3v) is 5.91. The van der Waals surface area contributed by atoms with Crippen LogP contribution in [0.15, 0.2) is 78.9 Å². The first-order valence-corrected chi connectivity index (χ1v) is 12.7. The van der Waals surface area contributed by atoms with Crippen LogP contribution in [0, 0.1) is 6.92 Å². The van der Waals surface area contributed by atoms with Gasteiger partial charge in [-0.05, 0) is 67.6 Å². The SMILES string of the molecule is CCOC(Cc1ccc(OCCN(CCCc2ccccc2)C(=O)Nc2cccc(C)c2)cc1)C(=O)O. The van der Waals surface area contributed by atoms with E-state index in [-0.39, 0.29) is 12.5 Å². The second-order valence-electron chi connectivity index (χ2n) is 8.85. The molecule has 7 heteroatoms. The number of aliphatic carboxylic acids is 1. The molecule has 7 nitrogen and oxygen atoms in total. The number of benzene rings is 3. The Morgan fingerprint density at radius 2 is 1.70 bits per heavy atom. The number of amides is 2. The quantitative estimate of drug-likeness (QED) is 0.300. The number of carboxylic acids is 1. The summed E-state index contributed by atoms with van der Waals surface area (Å²) in [6.45, 7) is 5.48. The molecule has 0 bridgehead atoms. The molecule has 0 saturated heterocycles. The van der Waals surface area contributed by atoms with Crippen LogP contribution in [-0.4, -0.2) is 54.4 Å². The normalized spacial score (nSPS) is 11.5. The van der Waals surface area contributed by atoms with Crippen LogP contribution in [0.5, 0.6) is 5.75 Å². The minimum Gasteiger partial charge on any atom is -0.492 e. The lowest BCUT2D eigenvalue weighted by atomic mass is 10.1. The first-order chi connectivity index (χ1) is 17.9. The Labute approximate surface area is 219 Å². The summed E-state index contributed by atoms with van der Waals surface area (Å²) in [6, 6.07) is 25.1. The van der Waals surface area contributed by atoms with E-state index in [1.54, 1.807) is 11.8 Å². The topological polar surface area (TPSA) is 88.1 Å². The molecule has 0 radical (unpaired) electrons. The number of nitrogens with one attached hydrogen (secondary N) is 1. The third kappa shape index (κ3) is 9.61. The van der Waals surface area contributed by atoms with Gasteiger partial charge in [-0.3, -0.25) is 0 Å². The lowest BCUT2D eigenvalue weighted by molar-refractivity contribution is -0.149. The molecule has 0 spiro atoms. The van der Waals surface area contributed by atoms with Gasteiger partial charge in [0.2, 0.25) is 0 Å². The maximum Gasteiger partial charge on any atom is 0.333 e. The van der Waals surface area contributed by atoms with Gasteiger partial charge in [0.25, 0.3) is 0 Å². The van der Waals surface area contributed by atoms with Gasteiger partial charge in [-0.15, -0.1) is 0 Å². The van der Waals surface area contributed by atoms with E-state index in [9.17, 15) is 14.7 Å². The Bertz CT molecular complexity index is 1120. The predicted octanol–water partition coefficient (Wildman–Crippen LogP) is 5.57. The number of anilines is 1. The molecule has 2 amide bonds. The molecule has 37 heavy (non-hydrogen) atoms. The maximum absolute atomic E-state index is 13.1. The van der Waals surface area contributed by atoms with Gasteiger partial charge in [0.15, 0.2) is 6.10 Å². The number of hydrogen-bond donors (Lipinski definition) is 2. The highest BCUT2D eigenvalue weighted by Gasteiger charge is 2.18. The van der Waals surface area contributed by atoms with Gasteiger partial charge in [-0.1, -0.05) is 54.6 Å². The van der Waals surface area contributed by atoms with E-state index in [0.717, 1.165) is 29.7 Å². The minimum atomic E-state index is -0.974. The fraction of sp³-hybridized carbons (Fsp3) is 0.333.